The van der Waals surface area contributed by atoms with Gasteiger partial charge in [0, 0.05) is 5.56 Å². The third-order valence-electron chi connectivity index (χ3n) is 4.10. The second kappa shape index (κ2) is 5.78. The molecule has 3 rings (SSSR count). The van der Waals surface area contributed by atoms with Crippen LogP contribution in [0.15, 0.2) is 30.3 Å². The quantitative estimate of drug-likeness (QED) is 0.620. The highest BCUT2D eigenvalue weighted by molar-refractivity contribution is 6.01. The van der Waals surface area contributed by atoms with E-state index in [1.165, 1.54) is 4.90 Å². The molecule has 0 N–H and O–H groups in total. The van der Waals surface area contributed by atoms with Crippen molar-refractivity contribution in [3.63, 3.8) is 0 Å². The number of ether oxygens (including phenoxy) is 2. The highest BCUT2D eigenvalue weighted by Gasteiger charge is 2.58. The Morgan fingerprint density at radius 2 is 2.18 bits per heavy atom. The van der Waals surface area contributed by atoms with Crippen LogP contribution < -0.4 is 0 Å². The zero-order chi connectivity index (χ0) is 15.7. The summed E-state index contributed by atoms with van der Waals surface area (Å²) >= 11 is 0. The van der Waals surface area contributed by atoms with Gasteiger partial charge in [0.25, 0.3) is 0 Å². The van der Waals surface area contributed by atoms with Gasteiger partial charge < -0.3 is 14.4 Å². The van der Waals surface area contributed by atoms with Gasteiger partial charge in [-0.2, -0.15) is 5.26 Å². The first-order chi connectivity index (χ1) is 10.7. The maximum absolute atomic E-state index is 12.7. The summed E-state index contributed by atoms with van der Waals surface area (Å²) in [5, 5.41) is 9.38. The van der Waals surface area contributed by atoms with Gasteiger partial charge in [-0.3, -0.25) is 9.59 Å². The minimum atomic E-state index is -1.05. The Morgan fingerprint density at radius 1 is 1.45 bits per heavy atom. The van der Waals surface area contributed by atoms with Crippen LogP contribution in [-0.4, -0.2) is 36.0 Å². The van der Waals surface area contributed by atoms with Crippen LogP contribution in [0.4, 0.5) is 0 Å². The van der Waals surface area contributed by atoms with E-state index in [9.17, 15) is 14.9 Å². The molecule has 6 heteroatoms. The van der Waals surface area contributed by atoms with E-state index in [1.807, 2.05) is 30.3 Å². The van der Waals surface area contributed by atoms with E-state index in [0.717, 1.165) is 5.56 Å². The number of benzene rings is 1. The Hall–Kier alpha value is -2.39. The predicted octanol–water partition coefficient (Wildman–Crippen LogP) is 1.25. The molecule has 2 aliphatic heterocycles. The van der Waals surface area contributed by atoms with Crippen molar-refractivity contribution in [3.05, 3.63) is 35.9 Å². The Morgan fingerprint density at radius 3 is 2.82 bits per heavy atom. The van der Waals surface area contributed by atoms with E-state index in [0.29, 0.717) is 0 Å². The van der Waals surface area contributed by atoms with Gasteiger partial charge in [-0.25, -0.2) is 0 Å². The molecule has 0 saturated carbocycles. The van der Waals surface area contributed by atoms with Crippen LogP contribution in [0.1, 0.15) is 18.7 Å². The lowest BCUT2D eigenvalue weighted by atomic mass is 9.92. The number of hydrogen-bond donors (Lipinski definition) is 0. The van der Waals surface area contributed by atoms with Crippen LogP contribution in [0.25, 0.3) is 0 Å². The van der Waals surface area contributed by atoms with Crippen molar-refractivity contribution in [3.8, 4) is 6.07 Å². The molecule has 1 aromatic carbocycles. The van der Waals surface area contributed by atoms with Crippen LogP contribution in [0.3, 0.4) is 0 Å². The second-order valence-corrected chi connectivity index (χ2v) is 5.29. The van der Waals surface area contributed by atoms with Gasteiger partial charge in [0.15, 0.2) is 12.1 Å². The van der Waals surface area contributed by atoms with Crippen molar-refractivity contribution in [2.75, 3.05) is 13.2 Å². The van der Waals surface area contributed by atoms with Crippen LogP contribution in [0.5, 0.6) is 0 Å². The average Bonchev–Trinajstić information content (AvgIpc) is 3.07. The summed E-state index contributed by atoms with van der Waals surface area (Å²) in [6.07, 6.45) is -0.547. The van der Waals surface area contributed by atoms with E-state index in [1.54, 1.807) is 6.92 Å². The summed E-state index contributed by atoms with van der Waals surface area (Å²) in [4.78, 5) is 26.2. The highest BCUT2D eigenvalue weighted by atomic mass is 16.5. The van der Waals surface area contributed by atoms with Crippen molar-refractivity contribution in [2.24, 2.45) is 11.8 Å². The molecule has 2 heterocycles. The van der Waals surface area contributed by atoms with E-state index in [2.05, 4.69) is 6.07 Å². The summed E-state index contributed by atoms with van der Waals surface area (Å²) in [5.41, 5.74) is 0.833. The standard InChI is InChI=1S/C16H16N2O4/c1-2-21-16(20)13-11(8-17)12-9-22-15(18(12)14(13)19)10-6-4-3-5-7-10/h3-7,11-13,15H,2,9H2,1H3/t11?,12-,13?,15-/m1/s1. The fourth-order valence-electron chi connectivity index (χ4n) is 3.13. The zero-order valence-corrected chi connectivity index (χ0v) is 12.1. The third kappa shape index (κ3) is 2.14. The third-order valence-corrected chi connectivity index (χ3v) is 4.10. The molecule has 2 unspecified atom stereocenters. The minimum absolute atomic E-state index is 0.185. The van der Waals surface area contributed by atoms with Crippen molar-refractivity contribution < 1.29 is 19.1 Å². The molecule has 22 heavy (non-hydrogen) atoms. The number of nitriles is 1. The molecule has 6 nitrogen and oxygen atoms in total. The van der Waals surface area contributed by atoms with E-state index < -0.39 is 30.1 Å². The molecule has 1 amide bonds. The number of amides is 1. The summed E-state index contributed by atoms with van der Waals surface area (Å²) in [5.74, 6) is -2.80. The van der Waals surface area contributed by atoms with Crippen molar-refractivity contribution in [2.45, 2.75) is 19.2 Å². The smallest absolute Gasteiger partial charge is 0.319 e. The Kier molecular flexibility index (Phi) is 3.82. The molecular weight excluding hydrogens is 284 g/mol. The largest absolute Gasteiger partial charge is 0.465 e. The molecule has 2 fully saturated rings. The maximum Gasteiger partial charge on any atom is 0.319 e. The molecular formula is C16H16N2O4. The van der Waals surface area contributed by atoms with E-state index in [-0.39, 0.29) is 19.1 Å². The number of rotatable bonds is 3. The number of nitrogens with zero attached hydrogens (tertiary/aromatic N) is 2. The summed E-state index contributed by atoms with van der Waals surface area (Å²) in [6.45, 7) is 2.11. The monoisotopic (exact) mass is 300 g/mol. The van der Waals surface area contributed by atoms with Crippen molar-refractivity contribution in [1.29, 1.82) is 5.26 Å². The van der Waals surface area contributed by atoms with Crippen LogP contribution >= 0.6 is 0 Å². The molecule has 1 aromatic rings. The van der Waals surface area contributed by atoms with E-state index >= 15 is 0 Å². The van der Waals surface area contributed by atoms with Crippen LogP contribution in [0.2, 0.25) is 0 Å². The van der Waals surface area contributed by atoms with Crippen molar-refractivity contribution in [1.82, 2.24) is 4.90 Å². The fourth-order valence-corrected chi connectivity index (χ4v) is 3.13. The molecule has 0 aliphatic carbocycles. The number of fused-ring (bicyclic) bond motifs is 1. The molecule has 2 saturated heterocycles. The predicted molar refractivity (Wildman–Crippen MR) is 75.0 cm³/mol. The first kappa shape index (κ1) is 14.5. The van der Waals surface area contributed by atoms with Crippen LogP contribution in [-0.2, 0) is 19.1 Å². The van der Waals surface area contributed by atoms with Gasteiger partial charge in [0.2, 0.25) is 5.91 Å². The molecule has 4 atom stereocenters. The normalized spacial score (nSPS) is 30.0. The number of esters is 1. The Bertz CT molecular complexity index is 625. The first-order valence-corrected chi connectivity index (χ1v) is 7.24. The summed E-state index contributed by atoms with van der Waals surface area (Å²) < 4.78 is 10.7. The summed E-state index contributed by atoms with van der Waals surface area (Å²) in [7, 11) is 0. The first-order valence-electron chi connectivity index (χ1n) is 7.24. The molecule has 0 bridgehead atoms. The van der Waals surface area contributed by atoms with Gasteiger partial charge in [0.1, 0.15) is 0 Å². The topological polar surface area (TPSA) is 79.6 Å². The van der Waals surface area contributed by atoms with Gasteiger partial charge in [0.05, 0.1) is 31.2 Å². The average molecular weight is 300 g/mol. The lowest BCUT2D eigenvalue weighted by Gasteiger charge is -2.22. The Balaban J connectivity index is 1.91. The molecule has 0 aromatic heterocycles. The number of carbonyl (C=O) groups excluding carboxylic acids is 2. The molecule has 0 spiro atoms. The summed E-state index contributed by atoms with van der Waals surface area (Å²) in [6, 6.07) is 11.0. The fraction of sp³-hybridized carbons (Fsp3) is 0.438. The lowest BCUT2D eigenvalue weighted by Crippen LogP contribution is -2.34. The highest BCUT2D eigenvalue weighted by Crippen LogP contribution is 2.43. The molecule has 114 valence electrons. The maximum atomic E-state index is 12.7. The molecule has 0 radical (unpaired) electrons. The SMILES string of the molecule is CCOC(=O)C1C(=O)N2[C@@H](c3ccccc3)OC[C@@H]2C1C#N. The van der Waals surface area contributed by atoms with Gasteiger partial charge in [-0.05, 0) is 6.92 Å². The molecule has 2 aliphatic rings. The van der Waals surface area contributed by atoms with Gasteiger partial charge >= 0.3 is 5.97 Å². The van der Waals surface area contributed by atoms with E-state index in [4.69, 9.17) is 9.47 Å². The Labute approximate surface area is 128 Å². The van der Waals surface area contributed by atoms with Gasteiger partial charge in [-0.1, -0.05) is 30.3 Å². The number of hydrogen-bond acceptors (Lipinski definition) is 5. The number of carbonyl (C=O) groups is 2. The second-order valence-electron chi connectivity index (χ2n) is 5.29. The van der Waals surface area contributed by atoms with Gasteiger partial charge in [-0.15, -0.1) is 0 Å². The zero-order valence-electron chi connectivity index (χ0n) is 12.1. The van der Waals surface area contributed by atoms with Crippen molar-refractivity contribution >= 4 is 11.9 Å². The lowest BCUT2D eigenvalue weighted by molar-refractivity contribution is -0.155. The minimum Gasteiger partial charge on any atom is -0.465 e. The van der Waals surface area contributed by atoms with Crippen LogP contribution in [0, 0.1) is 23.2 Å².